The van der Waals surface area contributed by atoms with Gasteiger partial charge in [0.25, 0.3) is 5.91 Å². The number of unbranched alkanes of at least 4 members (excludes halogenated alkanes) is 22. The van der Waals surface area contributed by atoms with Crippen LogP contribution in [0, 0.1) is 0 Å². The highest BCUT2D eigenvalue weighted by Crippen LogP contribution is 2.14. The van der Waals surface area contributed by atoms with Crippen molar-refractivity contribution in [2.45, 2.75) is 174 Å². The molecule has 1 unspecified atom stereocenters. The third-order valence-corrected chi connectivity index (χ3v) is 8.72. The van der Waals surface area contributed by atoms with Crippen LogP contribution in [-0.2, 0) is 9.47 Å². The van der Waals surface area contributed by atoms with Crippen molar-refractivity contribution in [1.82, 2.24) is 5.32 Å². The molecule has 0 fully saturated rings. The summed E-state index contributed by atoms with van der Waals surface area (Å²) in [4.78, 5) is 24.6. The number of hydrogen-bond acceptors (Lipinski definition) is 4. The van der Waals surface area contributed by atoms with Crippen LogP contribution >= 0.6 is 0 Å². The predicted molar refractivity (Wildman–Crippen MR) is 190 cm³/mol. The van der Waals surface area contributed by atoms with Gasteiger partial charge in [-0.1, -0.05) is 167 Å². The number of amides is 2. The second-order valence-electron chi connectivity index (χ2n) is 13.0. The summed E-state index contributed by atoms with van der Waals surface area (Å²) in [6.07, 6.45) is 31.3. The number of benzene rings is 1. The number of carbonyl (C=O) groups is 2. The van der Waals surface area contributed by atoms with Gasteiger partial charge in [-0.3, -0.25) is 9.59 Å². The first-order valence-electron chi connectivity index (χ1n) is 19.0. The van der Waals surface area contributed by atoms with Gasteiger partial charge < -0.3 is 20.5 Å². The minimum Gasteiger partial charge on any atom is -0.379 e. The molecular formula is C39H70N2O4. The van der Waals surface area contributed by atoms with Crippen molar-refractivity contribution in [1.29, 1.82) is 0 Å². The standard InChI is InChI=1S/C39H70N2O4/c1-3-5-7-9-11-13-15-17-19-21-23-27-31-44-34-35(33-41-39(43)37-30-26-25-29-36(37)38(40)42)45-32-28-24-22-20-18-16-14-12-10-8-6-4-2/h25-26,29-30,35H,3-24,27-28,31-34H2,1-2H3,(H2,40,42)(H,41,43). The second-order valence-corrected chi connectivity index (χ2v) is 13.0. The zero-order valence-corrected chi connectivity index (χ0v) is 29.4. The Morgan fingerprint density at radius 2 is 1.00 bits per heavy atom. The molecule has 0 aromatic heterocycles. The van der Waals surface area contributed by atoms with E-state index in [0.29, 0.717) is 31.9 Å². The molecule has 45 heavy (non-hydrogen) atoms. The van der Waals surface area contributed by atoms with Gasteiger partial charge in [0.2, 0.25) is 5.91 Å². The maximum absolute atomic E-state index is 12.8. The molecule has 0 aliphatic rings. The Bertz CT molecular complexity index is 831. The number of ether oxygens (including phenoxy) is 2. The predicted octanol–water partition coefficient (Wildman–Crippen LogP) is 10.3. The Hall–Kier alpha value is -1.92. The fourth-order valence-corrected chi connectivity index (χ4v) is 5.82. The minimum absolute atomic E-state index is 0.222. The van der Waals surface area contributed by atoms with Crippen molar-refractivity contribution >= 4 is 11.8 Å². The van der Waals surface area contributed by atoms with E-state index in [9.17, 15) is 9.59 Å². The Labute approximate surface area is 277 Å². The van der Waals surface area contributed by atoms with E-state index < -0.39 is 5.91 Å². The Balaban J connectivity index is 2.27. The molecule has 260 valence electrons. The van der Waals surface area contributed by atoms with Crippen LogP contribution in [0.5, 0.6) is 0 Å². The first-order valence-corrected chi connectivity index (χ1v) is 19.0. The molecule has 1 aromatic rings. The molecule has 0 aliphatic heterocycles. The second kappa shape index (κ2) is 30.7. The molecule has 1 atom stereocenters. The van der Waals surface area contributed by atoms with Crippen LogP contribution in [0.3, 0.4) is 0 Å². The van der Waals surface area contributed by atoms with Crippen LogP contribution in [-0.4, -0.2) is 44.3 Å². The normalized spacial score (nSPS) is 12.0. The summed E-state index contributed by atoms with van der Waals surface area (Å²) in [5.41, 5.74) is 6.00. The summed E-state index contributed by atoms with van der Waals surface area (Å²) in [5, 5.41) is 2.94. The lowest BCUT2D eigenvalue weighted by molar-refractivity contribution is -0.0170. The SMILES string of the molecule is CCCCCCCCCCCCCCOCC(CNC(=O)c1ccccc1C(N)=O)OCCCCCCCCCCCCCC. The number of nitrogens with two attached hydrogens (primary N) is 1. The lowest BCUT2D eigenvalue weighted by atomic mass is 10.1. The fraction of sp³-hybridized carbons (Fsp3) is 0.795. The molecule has 1 rings (SSSR count). The summed E-state index contributed by atoms with van der Waals surface area (Å²) >= 11 is 0. The summed E-state index contributed by atoms with van der Waals surface area (Å²) in [6, 6.07) is 6.65. The van der Waals surface area contributed by atoms with E-state index in [1.54, 1.807) is 24.3 Å². The Kier molecular flexibility index (Phi) is 28.1. The van der Waals surface area contributed by atoms with Gasteiger partial charge >= 0.3 is 0 Å². The maximum Gasteiger partial charge on any atom is 0.252 e. The van der Waals surface area contributed by atoms with Crippen molar-refractivity contribution in [2.75, 3.05) is 26.4 Å². The number of rotatable bonds is 33. The van der Waals surface area contributed by atoms with E-state index in [0.717, 1.165) is 12.8 Å². The largest absolute Gasteiger partial charge is 0.379 e. The Morgan fingerprint density at radius 1 is 0.600 bits per heavy atom. The molecule has 0 heterocycles. The molecule has 0 aliphatic carbocycles. The van der Waals surface area contributed by atoms with Crippen molar-refractivity contribution in [3.05, 3.63) is 35.4 Å². The number of carbonyl (C=O) groups excluding carboxylic acids is 2. The molecule has 6 nitrogen and oxygen atoms in total. The van der Waals surface area contributed by atoms with Gasteiger partial charge in [0, 0.05) is 19.8 Å². The zero-order chi connectivity index (χ0) is 32.6. The quantitative estimate of drug-likeness (QED) is 0.0756. The van der Waals surface area contributed by atoms with E-state index in [-0.39, 0.29) is 17.6 Å². The van der Waals surface area contributed by atoms with Crippen molar-refractivity contribution < 1.29 is 19.1 Å². The van der Waals surface area contributed by atoms with Gasteiger partial charge in [0.05, 0.1) is 23.8 Å². The molecule has 6 heteroatoms. The first kappa shape index (κ1) is 41.1. The van der Waals surface area contributed by atoms with Crippen LogP contribution < -0.4 is 11.1 Å². The van der Waals surface area contributed by atoms with Gasteiger partial charge in [-0.15, -0.1) is 0 Å². The fourth-order valence-electron chi connectivity index (χ4n) is 5.82. The summed E-state index contributed by atoms with van der Waals surface area (Å²) in [6.45, 7) is 6.71. The van der Waals surface area contributed by atoms with Crippen LogP contribution in [0.15, 0.2) is 24.3 Å². The number of primary amides is 1. The van der Waals surface area contributed by atoms with Crippen molar-refractivity contribution in [3.63, 3.8) is 0 Å². The summed E-state index contributed by atoms with van der Waals surface area (Å²) in [5.74, 6) is -0.921. The molecule has 0 bridgehead atoms. The van der Waals surface area contributed by atoms with E-state index in [2.05, 4.69) is 19.2 Å². The highest BCUT2D eigenvalue weighted by Gasteiger charge is 2.17. The maximum atomic E-state index is 12.8. The van der Waals surface area contributed by atoms with Crippen LogP contribution in [0.4, 0.5) is 0 Å². The lowest BCUT2D eigenvalue weighted by Gasteiger charge is -2.19. The third-order valence-electron chi connectivity index (χ3n) is 8.72. The van der Waals surface area contributed by atoms with Gasteiger partial charge in [0.15, 0.2) is 0 Å². The topological polar surface area (TPSA) is 90.6 Å². The minimum atomic E-state index is -0.605. The van der Waals surface area contributed by atoms with Gasteiger partial charge in [-0.2, -0.15) is 0 Å². The van der Waals surface area contributed by atoms with Gasteiger partial charge in [-0.25, -0.2) is 0 Å². The first-order chi connectivity index (χ1) is 22.1. The Morgan fingerprint density at radius 3 is 1.44 bits per heavy atom. The van der Waals surface area contributed by atoms with E-state index in [1.807, 2.05) is 0 Å². The smallest absolute Gasteiger partial charge is 0.252 e. The zero-order valence-electron chi connectivity index (χ0n) is 29.4. The third kappa shape index (κ3) is 24.0. The highest BCUT2D eigenvalue weighted by atomic mass is 16.5. The van der Waals surface area contributed by atoms with Crippen LogP contribution in [0.25, 0.3) is 0 Å². The average molecular weight is 631 g/mol. The summed E-state index contributed by atoms with van der Waals surface area (Å²) in [7, 11) is 0. The average Bonchev–Trinajstić information content (AvgIpc) is 3.05. The van der Waals surface area contributed by atoms with Gasteiger partial charge in [-0.05, 0) is 25.0 Å². The van der Waals surface area contributed by atoms with Crippen molar-refractivity contribution in [3.8, 4) is 0 Å². The van der Waals surface area contributed by atoms with E-state index in [1.165, 1.54) is 141 Å². The highest BCUT2D eigenvalue weighted by molar-refractivity contribution is 6.06. The molecule has 2 amide bonds. The molecule has 1 aromatic carbocycles. The molecule has 0 saturated heterocycles. The van der Waals surface area contributed by atoms with E-state index in [4.69, 9.17) is 15.2 Å². The molecule has 3 N–H and O–H groups in total. The van der Waals surface area contributed by atoms with E-state index >= 15 is 0 Å². The lowest BCUT2D eigenvalue weighted by Crippen LogP contribution is -2.37. The van der Waals surface area contributed by atoms with Crippen LogP contribution in [0.1, 0.15) is 189 Å². The number of nitrogens with one attached hydrogen (secondary N) is 1. The molecule has 0 radical (unpaired) electrons. The van der Waals surface area contributed by atoms with Crippen LogP contribution in [0.2, 0.25) is 0 Å². The van der Waals surface area contributed by atoms with Crippen molar-refractivity contribution in [2.24, 2.45) is 5.73 Å². The molecule has 0 spiro atoms. The molecule has 0 saturated carbocycles. The molecular weight excluding hydrogens is 560 g/mol. The van der Waals surface area contributed by atoms with Gasteiger partial charge in [0.1, 0.15) is 0 Å². The number of hydrogen-bond donors (Lipinski definition) is 2. The monoisotopic (exact) mass is 631 g/mol. The summed E-state index contributed by atoms with van der Waals surface area (Å²) < 4.78 is 12.2.